The van der Waals surface area contributed by atoms with E-state index in [0.29, 0.717) is 17.8 Å². The number of carboxylic acid groups (broad SMARTS) is 2. The van der Waals surface area contributed by atoms with E-state index in [4.69, 9.17) is 26.5 Å². The fraction of sp³-hybridized carbons (Fsp3) is 0.432. The van der Waals surface area contributed by atoms with Crippen LogP contribution in [0, 0.1) is 17.0 Å². The van der Waals surface area contributed by atoms with E-state index in [1.54, 1.807) is 17.2 Å². The highest BCUT2D eigenvalue weighted by Gasteiger charge is 2.38. The van der Waals surface area contributed by atoms with Crippen LogP contribution in [0.4, 0.5) is 22.0 Å². The number of amides is 3. The molecule has 0 radical (unpaired) electrons. The van der Waals surface area contributed by atoms with Crippen LogP contribution >= 0.6 is 11.8 Å². The summed E-state index contributed by atoms with van der Waals surface area (Å²) in [4.78, 5) is 59.4. The van der Waals surface area contributed by atoms with Gasteiger partial charge in [-0.05, 0) is 41.7 Å². The Labute approximate surface area is 325 Å². The topological polar surface area (TPSA) is 210 Å². The Morgan fingerprint density at radius 2 is 1.52 bits per heavy atom. The SMILES string of the molecule is CC(=O)N(CCC(N)C(=O)NCCNC(=O)CSC[C@H](N)C(=O)O)C(c1cc(-c2cc(F)ccc2F)cn1Cc1ccccc1)C(C)(C)C.O=C(O)C(F)(F)F. The maximum Gasteiger partial charge on any atom is 0.490 e. The first kappa shape index (κ1) is 47.1. The molecule has 0 fully saturated rings. The summed E-state index contributed by atoms with van der Waals surface area (Å²) >= 11 is 1.09. The number of aromatic nitrogens is 1. The first-order valence-electron chi connectivity index (χ1n) is 17.2. The molecule has 3 aromatic rings. The monoisotopic (exact) mass is 814 g/mol. The molecule has 0 aliphatic heterocycles. The number of aliphatic carboxylic acids is 2. The number of halogens is 5. The molecule has 3 amide bonds. The van der Waals surface area contributed by atoms with Crippen LogP contribution < -0.4 is 22.1 Å². The minimum Gasteiger partial charge on any atom is -0.480 e. The largest absolute Gasteiger partial charge is 0.490 e. The highest BCUT2D eigenvalue weighted by atomic mass is 32.2. The predicted molar refractivity (Wildman–Crippen MR) is 200 cm³/mol. The predicted octanol–water partition coefficient (Wildman–Crippen LogP) is 4.15. The van der Waals surface area contributed by atoms with E-state index in [9.17, 15) is 41.1 Å². The number of benzene rings is 2. The van der Waals surface area contributed by atoms with Crippen molar-refractivity contribution in [3.63, 3.8) is 0 Å². The van der Waals surface area contributed by atoms with Crippen molar-refractivity contribution in [2.45, 2.75) is 65.0 Å². The summed E-state index contributed by atoms with van der Waals surface area (Å²) in [5, 5.41) is 21.3. The lowest BCUT2D eigenvalue weighted by Crippen LogP contribution is -2.47. The van der Waals surface area contributed by atoms with E-state index in [1.807, 2.05) is 55.7 Å². The molecule has 1 aromatic heterocycles. The van der Waals surface area contributed by atoms with Gasteiger partial charge in [-0.15, -0.1) is 11.8 Å². The zero-order valence-electron chi connectivity index (χ0n) is 31.2. The van der Waals surface area contributed by atoms with Gasteiger partial charge in [-0.2, -0.15) is 13.2 Å². The number of alkyl halides is 3. The smallest absolute Gasteiger partial charge is 0.480 e. The van der Waals surface area contributed by atoms with Crippen molar-refractivity contribution in [2.75, 3.05) is 31.1 Å². The Morgan fingerprint density at radius 3 is 2.07 bits per heavy atom. The van der Waals surface area contributed by atoms with Crippen LogP contribution in [0.3, 0.4) is 0 Å². The van der Waals surface area contributed by atoms with Crippen LogP contribution in [0.15, 0.2) is 60.8 Å². The molecule has 19 heteroatoms. The van der Waals surface area contributed by atoms with Crippen LogP contribution in [0.1, 0.15) is 51.4 Å². The fourth-order valence-corrected chi connectivity index (χ4v) is 6.21. The molecule has 3 rings (SSSR count). The molecule has 0 saturated heterocycles. The summed E-state index contributed by atoms with van der Waals surface area (Å²) in [7, 11) is 0. The fourth-order valence-electron chi connectivity index (χ4n) is 5.41. The molecule has 308 valence electrons. The Morgan fingerprint density at radius 1 is 0.911 bits per heavy atom. The summed E-state index contributed by atoms with van der Waals surface area (Å²) in [6.45, 7) is 8.20. The second kappa shape index (κ2) is 21.3. The lowest BCUT2D eigenvalue weighted by molar-refractivity contribution is -0.192. The lowest BCUT2D eigenvalue weighted by Gasteiger charge is -2.41. The second-order valence-corrected chi connectivity index (χ2v) is 14.7. The number of nitrogens with zero attached hydrogens (tertiary/aromatic N) is 2. The number of nitrogens with one attached hydrogen (secondary N) is 2. The number of rotatable bonds is 17. The summed E-state index contributed by atoms with van der Waals surface area (Å²) in [5.41, 5.74) is 13.4. The minimum absolute atomic E-state index is 0.0255. The minimum atomic E-state index is -5.08. The number of carbonyl (C=O) groups is 5. The van der Waals surface area contributed by atoms with Gasteiger partial charge in [0.1, 0.15) is 17.7 Å². The van der Waals surface area contributed by atoms with Crippen molar-refractivity contribution in [3.8, 4) is 11.1 Å². The van der Waals surface area contributed by atoms with Gasteiger partial charge in [0.2, 0.25) is 17.7 Å². The Kier molecular flexibility index (Phi) is 18.0. The third-order valence-corrected chi connectivity index (χ3v) is 9.10. The van der Waals surface area contributed by atoms with Crippen LogP contribution in [0.5, 0.6) is 0 Å². The molecular formula is C37H47F5N6O7S. The van der Waals surface area contributed by atoms with E-state index in [0.717, 1.165) is 35.5 Å². The zero-order valence-corrected chi connectivity index (χ0v) is 32.1. The molecule has 0 aliphatic rings. The quantitative estimate of drug-likeness (QED) is 0.0848. The first-order chi connectivity index (χ1) is 26.0. The van der Waals surface area contributed by atoms with E-state index < -0.39 is 59.2 Å². The lowest BCUT2D eigenvalue weighted by atomic mass is 9.82. The number of carboxylic acids is 2. The highest BCUT2D eigenvalue weighted by Crippen LogP contribution is 2.41. The van der Waals surface area contributed by atoms with Gasteiger partial charge in [0.05, 0.1) is 17.8 Å². The van der Waals surface area contributed by atoms with Crippen molar-refractivity contribution >= 4 is 41.4 Å². The van der Waals surface area contributed by atoms with Crippen molar-refractivity contribution in [2.24, 2.45) is 16.9 Å². The Balaban J connectivity index is 0.00000141. The van der Waals surface area contributed by atoms with Gasteiger partial charge in [-0.3, -0.25) is 19.2 Å². The number of carbonyl (C=O) groups excluding carboxylic acids is 3. The van der Waals surface area contributed by atoms with Crippen LogP contribution in [-0.4, -0.2) is 98.7 Å². The van der Waals surface area contributed by atoms with E-state index in [1.165, 1.54) is 6.92 Å². The van der Waals surface area contributed by atoms with Gasteiger partial charge in [-0.25, -0.2) is 13.6 Å². The van der Waals surface area contributed by atoms with Crippen molar-refractivity contribution < 1.29 is 56.1 Å². The summed E-state index contributed by atoms with van der Waals surface area (Å²) in [5.74, 6) is -5.96. The van der Waals surface area contributed by atoms with Crippen molar-refractivity contribution in [1.29, 1.82) is 0 Å². The van der Waals surface area contributed by atoms with E-state index in [-0.39, 0.29) is 54.9 Å². The molecule has 1 heterocycles. The van der Waals surface area contributed by atoms with E-state index >= 15 is 0 Å². The average Bonchev–Trinajstić information content (AvgIpc) is 3.50. The summed E-state index contributed by atoms with van der Waals surface area (Å²) < 4.78 is 62.9. The van der Waals surface area contributed by atoms with E-state index in [2.05, 4.69) is 10.6 Å². The van der Waals surface area contributed by atoms with Crippen molar-refractivity contribution in [1.82, 2.24) is 20.1 Å². The molecule has 13 nitrogen and oxygen atoms in total. The van der Waals surface area contributed by atoms with Gasteiger partial charge < -0.3 is 41.8 Å². The van der Waals surface area contributed by atoms with Gasteiger partial charge >= 0.3 is 18.1 Å². The van der Waals surface area contributed by atoms with Crippen LogP contribution in [0.2, 0.25) is 0 Å². The molecule has 2 unspecified atom stereocenters. The Bertz CT molecular complexity index is 1800. The summed E-state index contributed by atoms with van der Waals surface area (Å²) in [6.07, 6.45) is -3.19. The number of hydrogen-bond donors (Lipinski definition) is 6. The maximum absolute atomic E-state index is 14.9. The third-order valence-electron chi connectivity index (χ3n) is 8.04. The Hall–Kier alpha value is -5.01. The zero-order chi connectivity index (χ0) is 42.4. The molecule has 8 N–H and O–H groups in total. The van der Waals surface area contributed by atoms with Gasteiger partial charge in [0, 0.05) is 61.9 Å². The standard InChI is InChI=1S/C35H46F2N6O5S.C2HF3O2/c1-22(44)43(15-12-28(38)33(46)41-14-13-40-31(45)21-49-20-29(39)34(47)48)32(35(2,3)4)30-16-24(26-17-25(36)10-11-27(26)37)19-42(30)18-23-8-6-5-7-9-23;3-2(4,5)1(6)7/h5-11,16-17,19,28-29,32H,12-15,18,20-21,38-39H2,1-4H3,(H,40,45)(H,41,46)(H,47,48);(H,6,7)/t28?,29-,32?;/m0./s1. The molecule has 0 spiro atoms. The maximum atomic E-state index is 14.9. The normalized spacial score (nSPS) is 13.1. The number of nitrogens with two attached hydrogens (primary N) is 2. The molecule has 0 saturated carbocycles. The average molecular weight is 815 g/mol. The van der Waals surface area contributed by atoms with Crippen LogP contribution in [0.25, 0.3) is 11.1 Å². The highest BCUT2D eigenvalue weighted by molar-refractivity contribution is 8.00. The number of hydrogen-bond acceptors (Lipinski definition) is 8. The summed E-state index contributed by atoms with van der Waals surface area (Å²) in [6, 6.07) is 12.2. The molecule has 56 heavy (non-hydrogen) atoms. The van der Waals surface area contributed by atoms with Gasteiger partial charge in [0.25, 0.3) is 0 Å². The third kappa shape index (κ3) is 15.3. The molecule has 0 aliphatic carbocycles. The molecule has 2 aromatic carbocycles. The van der Waals surface area contributed by atoms with Crippen molar-refractivity contribution in [3.05, 3.63) is 83.7 Å². The molecular weight excluding hydrogens is 767 g/mol. The van der Waals surface area contributed by atoms with Crippen LogP contribution in [-0.2, 0) is 30.5 Å². The molecule has 0 bridgehead atoms. The number of thioether (sulfide) groups is 1. The second-order valence-electron chi connectivity index (χ2n) is 13.7. The first-order valence-corrected chi connectivity index (χ1v) is 18.3. The molecule has 3 atom stereocenters. The van der Waals surface area contributed by atoms with Gasteiger partial charge in [0.15, 0.2) is 0 Å². The van der Waals surface area contributed by atoms with Gasteiger partial charge in [-0.1, -0.05) is 51.1 Å².